The van der Waals surface area contributed by atoms with E-state index in [0.29, 0.717) is 0 Å². The lowest BCUT2D eigenvalue weighted by atomic mass is 10.4. The van der Waals surface area contributed by atoms with Crippen molar-refractivity contribution in [1.82, 2.24) is 0 Å². The Labute approximate surface area is 69.1 Å². The minimum atomic E-state index is -1.60. The summed E-state index contributed by atoms with van der Waals surface area (Å²) < 4.78 is 4.52. The molecule has 0 aromatic carbocycles. The van der Waals surface area contributed by atoms with Crippen LogP contribution in [0.15, 0.2) is 0 Å². The van der Waals surface area contributed by atoms with Gasteiger partial charge in [-0.1, -0.05) is 11.6 Å². The van der Waals surface area contributed by atoms with Crippen molar-refractivity contribution < 1.29 is 19.4 Å². The molecule has 0 saturated carbocycles. The average Bonchev–Trinajstić information content (AvgIpc) is 1.84. The zero-order valence-corrected chi connectivity index (χ0v) is 6.96. The van der Waals surface area contributed by atoms with Crippen LogP contribution in [0.5, 0.6) is 0 Å². The van der Waals surface area contributed by atoms with Crippen molar-refractivity contribution in [3.05, 3.63) is 0 Å². The van der Waals surface area contributed by atoms with Crippen molar-refractivity contribution in [2.24, 2.45) is 0 Å². The average molecular weight is 181 g/mol. The van der Waals surface area contributed by atoms with Gasteiger partial charge in [0, 0.05) is 0 Å². The van der Waals surface area contributed by atoms with Gasteiger partial charge in [0.15, 0.2) is 0 Å². The number of esters is 1. The largest absolute Gasteiger partial charge is 0.480 e. The number of alkyl halides is 1. The van der Waals surface area contributed by atoms with Gasteiger partial charge in [-0.15, -0.1) is 0 Å². The summed E-state index contributed by atoms with van der Waals surface area (Å²) >= 11 is 5.14. The first-order chi connectivity index (χ1) is 4.95. The summed E-state index contributed by atoms with van der Waals surface area (Å²) in [5.74, 6) is -2.31. The fourth-order valence-electron chi connectivity index (χ4n) is 0.393. The summed E-state index contributed by atoms with van der Waals surface area (Å²) in [4.78, 5) is 20.7. The highest BCUT2D eigenvalue weighted by Gasteiger charge is 2.25. The van der Waals surface area contributed by atoms with E-state index >= 15 is 0 Å². The summed E-state index contributed by atoms with van der Waals surface area (Å²) in [5, 5.41) is 6.63. The van der Waals surface area contributed by atoms with Crippen molar-refractivity contribution >= 4 is 23.5 Å². The van der Waals surface area contributed by atoms with Gasteiger partial charge in [-0.3, -0.25) is 0 Å². The van der Waals surface area contributed by atoms with Crippen molar-refractivity contribution in [3.8, 4) is 0 Å². The van der Waals surface area contributed by atoms with Crippen molar-refractivity contribution in [2.75, 3.05) is 0 Å². The van der Waals surface area contributed by atoms with E-state index in [0.717, 1.165) is 0 Å². The minimum Gasteiger partial charge on any atom is -0.480 e. The Balaban J connectivity index is 3.93. The van der Waals surface area contributed by atoms with Crippen LogP contribution in [0.4, 0.5) is 0 Å². The predicted molar refractivity (Wildman–Crippen MR) is 38.5 cm³/mol. The Morgan fingerprint density at radius 2 is 1.91 bits per heavy atom. The van der Waals surface area contributed by atoms with Gasteiger partial charge in [-0.2, -0.15) is 0 Å². The maximum atomic E-state index is 10.7. The molecule has 0 fully saturated rings. The molecule has 0 rings (SSSR count). The van der Waals surface area contributed by atoms with Gasteiger partial charge in [0.25, 0.3) is 0 Å². The number of carbonyl (C=O) groups is 2. The van der Waals surface area contributed by atoms with Crippen LogP contribution < -0.4 is 0 Å². The number of carbonyl (C=O) groups excluding carboxylic acids is 1. The topological polar surface area (TPSA) is 63.6 Å². The van der Waals surface area contributed by atoms with Crippen molar-refractivity contribution in [3.63, 3.8) is 0 Å². The third-order valence-electron chi connectivity index (χ3n) is 0.776. The van der Waals surface area contributed by atoms with Gasteiger partial charge in [0.2, 0.25) is 5.38 Å². The van der Waals surface area contributed by atoms with Crippen LogP contribution in [0.2, 0.25) is 0 Å². The van der Waals surface area contributed by atoms with Gasteiger partial charge >= 0.3 is 11.9 Å². The third-order valence-corrected chi connectivity index (χ3v) is 1.14. The van der Waals surface area contributed by atoms with E-state index in [2.05, 4.69) is 4.74 Å². The number of halogens is 1. The molecule has 0 aromatic rings. The van der Waals surface area contributed by atoms with E-state index in [1.54, 1.807) is 13.8 Å². The summed E-state index contributed by atoms with van der Waals surface area (Å²) in [5.41, 5.74) is 0. The minimum absolute atomic E-state index is 0.344. The first-order valence-electron chi connectivity index (χ1n) is 3.02. The molecule has 0 radical (unpaired) electrons. The molecule has 1 unspecified atom stereocenters. The van der Waals surface area contributed by atoms with Crippen LogP contribution >= 0.6 is 11.6 Å². The van der Waals surface area contributed by atoms with Gasteiger partial charge in [0.05, 0.1) is 6.10 Å². The van der Waals surface area contributed by atoms with E-state index in [4.69, 9.17) is 16.7 Å². The van der Waals surface area contributed by atoms with Gasteiger partial charge in [-0.05, 0) is 13.8 Å². The molecule has 1 atom stereocenters. The molecule has 4 nitrogen and oxygen atoms in total. The smallest absolute Gasteiger partial charge is 0.335 e. The van der Waals surface area contributed by atoms with Gasteiger partial charge < -0.3 is 9.84 Å². The normalized spacial score (nSPS) is 12.7. The Bertz CT molecular complexity index is 166. The van der Waals surface area contributed by atoms with Gasteiger partial charge in [0.1, 0.15) is 0 Å². The number of carboxylic acids is 1. The van der Waals surface area contributed by atoms with E-state index in [1.165, 1.54) is 0 Å². The molecular weight excluding hydrogens is 172 g/mol. The van der Waals surface area contributed by atoms with Crippen LogP contribution in [0.1, 0.15) is 13.8 Å². The molecule has 0 heterocycles. The Morgan fingerprint density at radius 3 is 2.18 bits per heavy atom. The van der Waals surface area contributed by atoms with Crippen molar-refractivity contribution in [2.45, 2.75) is 25.3 Å². The first-order valence-corrected chi connectivity index (χ1v) is 3.46. The molecule has 0 spiro atoms. The zero-order chi connectivity index (χ0) is 9.02. The predicted octanol–water partition coefficient (Wildman–Crippen LogP) is 0.630. The monoisotopic (exact) mass is 180 g/mol. The molecule has 5 heteroatoms. The molecule has 0 bridgehead atoms. The van der Waals surface area contributed by atoms with E-state index < -0.39 is 17.3 Å². The summed E-state index contributed by atoms with van der Waals surface area (Å²) in [6.07, 6.45) is -0.344. The highest BCUT2D eigenvalue weighted by molar-refractivity contribution is 6.39. The Morgan fingerprint density at radius 1 is 1.45 bits per heavy atom. The van der Waals surface area contributed by atoms with Crippen LogP contribution in [-0.2, 0) is 14.3 Å². The number of carboxylic acid groups (broad SMARTS) is 1. The first kappa shape index (κ1) is 10.2. The number of rotatable bonds is 3. The SMILES string of the molecule is CC(C)OC(=O)C(Cl)C(=O)O. The number of ether oxygens (including phenoxy) is 1. The summed E-state index contributed by atoms with van der Waals surface area (Å²) in [6.45, 7) is 3.23. The lowest BCUT2D eigenvalue weighted by molar-refractivity contribution is -0.153. The fourth-order valence-corrected chi connectivity index (χ4v) is 0.444. The molecule has 0 aliphatic carbocycles. The van der Waals surface area contributed by atoms with Gasteiger partial charge in [-0.25, -0.2) is 9.59 Å². The quantitative estimate of drug-likeness (QED) is 0.393. The van der Waals surface area contributed by atoms with Crippen LogP contribution in [0.25, 0.3) is 0 Å². The maximum Gasteiger partial charge on any atom is 0.335 e. The molecule has 0 aliphatic rings. The van der Waals surface area contributed by atoms with Crippen LogP contribution in [0, 0.1) is 0 Å². The molecule has 64 valence electrons. The molecule has 11 heavy (non-hydrogen) atoms. The Kier molecular flexibility index (Phi) is 3.89. The third kappa shape index (κ3) is 3.83. The molecule has 1 N–H and O–H groups in total. The van der Waals surface area contributed by atoms with E-state index in [9.17, 15) is 9.59 Å². The molecule has 0 saturated heterocycles. The number of aliphatic carboxylic acids is 1. The second-order valence-corrected chi connectivity index (χ2v) is 2.62. The summed E-state index contributed by atoms with van der Waals surface area (Å²) in [6, 6.07) is 0. The second kappa shape index (κ2) is 4.18. The lowest BCUT2D eigenvalue weighted by Gasteiger charge is -2.08. The molecule has 0 aromatic heterocycles. The second-order valence-electron chi connectivity index (χ2n) is 2.19. The highest BCUT2D eigenvalue weighted by atomic mass is 35.5. The number of hydrogen-bond donors (Lipinski definition) is 1. The van der Waals surface area contributed by atoms with Crippen LogP contribution in [-0.4, -0.2) is 28.5 Å². The maximum absolute atomic E-state index is 10.7. The molecule has 0 amide bonds. The summed E-state index contributed by atoms with van der Waals surface area (Å²) in [7, 11) is 0. The lowest BCUT2D eigenvalue weighted by Crippen LogP contribution is -2.28. The van der Waals surface area contributed by atoms with Crippen molar-refractivity contribution in [1.29, 1.82) is 0 Å². The zero-order valence-electron chi connectivity index (χ0n) is 6.20. The standard InChI is InChI=1S/C6H9ClO4/c1-3(2)11-6(10)4(7)5(8)9/h3-4H,1-2H3,(H,8,9). The van der Waals surface area contributed by atoms with Crippen LogP contribution in [0.3, 0.4) is 0 Å². The van der Waals surface area contributed by atoms with E-state index in [1.807, 2.05) is 0 Å². The Hall–Kier alpha value is -0.770. The number of hydrogen-bond acceptors (Lipinski definition) is 3. The van der Waals surface area contributed by atoms with E-state index in [-0.39, 0.29) is 6.10 Å². The fraction of sp³-hybridized carbons (Fsp3) is 0.667. The molecule has 0 aliphatic heterocycles. The highest BCUT2D eigenvalue weighted by Crippen LogP contribution is 2.01. The molecular formula is C6H9ClO4.